The number of carbonyl (C=O) groups is 1. The number of benzene rings is 1. The predicted octanol–water partition coefficient (Wildman–Crippen LogP) is 4.18. The Kier molecular flexibility index (Phi) is 4.11. The summed E-state index contributed by atoms with van der Waals surface area (Å²) in [6, 6.07) is 12.7. The van der Waals surface area contributed by atoms with Crippen LogP contribution in [-0.2, 0) is 11.2 Å². The zero-order chi connectivity index (χ0) is 16.4. The monoisotopic (exact) mass is 321 g/mol. The van der Waals surface area contributed by atoms with Crippen LogP contribution in [-0.4, -0.2) is 27.3 Å². The van der Waals surface area contributed by atoms with Gasteiger partial charge in [0.05, 0.1) is 6.04 Å². The summed E-state index contributed by atoms with van der Waals surface area (Å²) in [5, 5.41) is 1.27. The van der Waals surface area contributed by atoms with E-state index < -0.39 is 0 Å². The summed E-state index contributed by atoms with van der Waals surface area (Å²) in [4.78, 5) is 21.3. The van der Waals surface area contributed by atoms with E-state index in [1.54, 1.807) is 0 Å². The van der Waals surface area contributed by atoms with Crippen molar-refractivity contribution in [2.24, 2.45) is 0 Å². The third kappa shape index (κ3) is 2.84. The number of hydrogen-bond donors (Lipinski definition) is 2. The molecule has 4 heteroatoms. The molecule has 1 aliphatic rings. The lowest BCUT2D eigenvalue weighted by Gasteiger charge is -2.24. The number of nitrogens with zero attached hydrogens (tertiary/aromatic N) is 1. The van der Waals surface area contributed by atoms with Crippen molar-refractivity contribution in [1.29, 1.82) is 0 Å². The summed E-state index contributed by atoms with van der Waals surface area (Å²) >= 11 is 0. The molecule has 4 nitrogen and oxygen atoms in total. The summed E-state index contributed by atoms with van der Waals surface area (Å²) in [5.41, 5.74) is 3.64. The molecule has 1 aliphatic heterocycles. The molecule has 24 heavy (non-hydrogen) atoms. The Morgan fingerprint density at radius 2 is 2.08 bits per heavy atom. The van der Waals surface area contributed by atoms with Gasteiger partial charge in [-0.15, -0.1) is 0 Å². The second-order valence-corrected chi connectivity index (χ2v) is 6.58. The van der Waals surface area contributed by atoms with Gasteiger partial charge in [-0.2, -0.15) is 0 Å². The first kappa shape index (κ1) is 15.1. The Balaban J connectivity index is 1.36. The van der Waals surface area contributed by atoms with E-state index in [-0.39, 0.29) is 11.9 Å². The van der Waals surface area contributed by atoms with Crippen molar-refractivity contribution in [2.75, 3.05) is 6.54 Å². The molecule has 0 radical (unpaired) electrons. The van der Waals surface area contributed by atoms with E-state index in [2.05, 4.69) is 45.3 Å². The normalized spacial score (nSPS) is 17.7. The van der Waals surface area contributed by atoms with Crippen LogP contribution in [0.25, 0.3) is 10.9 Å². The maximum atomic E-state index is 12.6. The molecule has 1 unspecified atom stereocenters. The van der Waals surface area contributed by atoms with E-state index in [0.29, 0.717) is 6.42 Å². The number of H-pyrrole nitrogens is 2. The first-order chi connectivity index (χ1) is 11.8. The van der Waals surface area contributed by atoms with E-state index in [1.165, 1.54) is 16.5 Å². The molecule has 1 atom stereocenters. The topological polar surface area (TPSA) is 51.9 Å². The van der Waals surface area contributed by atoms with Crippen LogP contribution in [0.3, 0.4) is 0 Å². The number of aromatic nitrogens is 2. The highest BCUT2D eigenvalue weighted by Gasteiger charge is 2.29. The fourth-order valence-electron chi connectivity index (χ4n) is 3.85. The van der Waals surface area contributed by atoms with Crippen molar-refractivity contribution in [3.05, 3.63) is 60.0 Å². The molecule has 1 amide bonds. The lowest BCUT2D eigenvalue weighted by Crippen LogP contribution is -2.30. The van der Waals surface area contributed by atoms with Crippen LogP contribution in [0.5, 0.6) is 0 Å². The van der Waals surface area contributed by atoms with Gasteiger partial charge in [0, 0.05) is 42.0 Å². The molecule has 0 saturated carbocycles. The van der Waals surface area contributed by atoms with Gasteiger partial charge in [0.1, 0.15) is 0 Å². The molecule has 0 aliphatic carbocycles. The van der Waals surface area contributed by atoms with Crippen molar-refractivity contribution in [1.82, 2.24) is 14.9 Å². The molecule has 1 aromatic carbocycles. The first-order valence-corrected chi connectivity index (χ1v) is 8.80. The highest BCUT2D eigenvalue weighted by atomic mass is 16.2. The van der Waals surface area contributed by atoms with Crippen molar-refractivity contribution >= 4 is 16.8 Å². The first-order valence-electron chi connectivity index (χ1n) is 8.80. The third-order valence-corrected chi connectivity index (χ3v) is 5.07. The Bertz CT molecular complexity index is 818. The van der Waals surface area contributed by atoms with Crippen LogP contribution in [0, 0.1) is 0 Å². The Morgan fingerprint density at radius 3 is 2.96 bits per heavy atom. The number of likely N-dealkylation sites (tertiary alicyclic amines) is 1. The van der Waals surface area contributed by atoms with E-state index >= 15 is 0 Å². The van der Waals surface area contributed by atoms with Crippen molar-refractivity contribution < 1.29 is 4.79 Å². The highest BCUT2D eigenvalue weighted by Crippen LogP contribution is 2.31. The number of aryl methyl sites for hydroxylation is 1. The molecule has 2 N–H and O–H groups in total. The van der Waals surface area contributed by atoms with Gasteiger partial charge in [-0.05, 0) is 49.4 Å². The van der Waals surface area contributed by atoms with Crippen LogP contribution >= 0.6 is 0 Å². The Labute approximate surface area is 141 Å². The van der Waals surface area contributed by atoms with Gasteiger partial charge in [0.2, 0.25) is 5.91 Å². The van der Waals surface area contributed by atoms with Gasteiger partial charge in [-0.25, -0.2) is 0 Å². The molecular weight excluding hydrogens is 298 g/mol. The predicted molar refractivity (Wildman–Crippen MR) is 95.7 cm³/mol. The van der Waals surface area contributed by atoms with Crippen LogP contribution in [0.2, 0.25) is 0 Å². The quantitative estimate of drug-likeness (QED) is 0.727. The molecule has 3 aromatic rings. The molecule has 0 spiro atoms. The second kappa shape index (κ2) is 6.56. The van der Waals surface area contributed by atoms with Crippen molar-refractivity contribution in [2.45, 2.75) is 38.1 Å². The van der Waals surface area contributed by atoms with Gasteiger partial charge in [0.25, 0.3) is 0 Å². The van der Waals surface area contributed by atoms with E-state index in [9.17, 15) is 4.79 Å². The number of rotatable bonds is 5. The van der Waals surface area contributed by atoms with E-state index in [4.69, 9.17) is 0 Å². The minimum atomic E-state index is 0.237. The average molecular weight is 321 g/mol. The van der Waals surface area contributed by atoms with Crippen LogP contribution in [0.15, 0.2) is 48.8 Å². The molecule has 124 valence electrons. The third-order valence-electron chi connectivity index (χ3n) is 5.07. The highest BCUT2D eigenvalue weighted by molar-refractivity contribution is 5.83. The largest absolute Gasteiger partial charge is 0.363 e. The van der Waals surface area contributed by atoms with Gasteiger partial charge < -0.3 is 14.9 Å². The van der Waals surface area contributed by atoms with E-state index in [0.717, 1.165) is 37.9 Å². The Hall–Kier alpha value is -2.49. The van der Waals surface area contributed by atoms with Crippen LogP contribution < -0.4 is 0 Å². The number of carbonyl (C=O) groups excluding carboxylic acids is 1. The average Bonchev–Trinajstić information content (AvgIpc) is 3.34. The van der Waals surface area contributed by atoms with Gasteiger partial charge >= 0.3 is 0 Å². The maximum Gasteiger partial charge on any atom is 0.223 e. The summed E-state index contributed by atoms with van der Waals surface area (Å²) in [5.74, 6) is 0.284. The molecule has 4 rings (SSSR count). The second-order valence-electron chi connectivity index (χ2n) is 6.58. The number of amides is 1. The Morgan fingerprint density at radius 1 is 1.17 bits per heavy atom. The fourth-order valence-corrected chi connectivity index (χ4v) is 3.85. The number of fused-ring (bicyclic) bond motifs is 1. The number of aromatic amines is 2. The number of hydrogen-bond acceptors (Lipinski definition) is 1. The molecule has 3 heterocycles. The summed E-state index contributed by atoms with van der Waals surface area (Å²) in [7, 11) is 0. The molecule has 0 bridgehead atoms. The maximum absolute atomic E-state index is 12.6. The summed E-state index contributed by atoms with van der Waals surface area (Å²) in [6.45, 7) is 0.885. The molecule has 1 fully saturated rings. The zero-order valence-electron chi connectivity index (χ0n) is 13.8. The van der Waals surface area contributed by atoms with E-state index in [1.807, 2.05) is 18.3 Å². The van der Waals surface area contributed by atoms with Gasteiger partial charge in [-0.3, -0.25) is 4.79 Å². The number of nitrogens with one attached hydrogen (secondary N) is 2. The minimum Gasteiger partial charge on any atom is -0.363 e. The van der Waals surface area contributed by atoms with Crippen LogP contribution in [0.4, 0.5) is 0 Å². The summed E-state index contributed by atoms with van der Waals surface area (Å²) < 4.78 is 0. The standard InChI is InChI=1S/C20H23N3O/c24-20(23-13-5-10-19(23)18-9-4-12-21-18)11-3-6-15-14-22-17-8-2-1-7-16(15)17/h1-2,4,7-9,12,14,19,21-22H,3,5-6,10-11,13H2. The molecular formula is C20H23N3O. The van der Waals surface area contributed by atoms with Crippen molar-refractivity contribution in [3.63, 3.8) is 0 Å². The SMILES string of the molecule is O=C(CCCc1c[nH]c2ccccc12)N1CCCC1c1ccc[nH]1. The smallest absolute Gasteiger partial charge is 0.223 e. The fraction of sp³-hybridized carbons (Fsp3) is 0.350. The minimum absolute atomic E-state index is 0.237. The van der Waals surface area contributed by atoms with Crippen LogP contribution in [0.1, 0.15) is 43.0 Å². The zero-order valence-corrected chi connectivity index (χ0v) is 13.8. The summed E-state index contributed by atoms with van der Waals surface area (Å²) in [6.07, 6.45) is 8.63. The van der Waals surface area contributed by atoms with Gasteiger partial charge in [-0.1, -0.05) is 18.2 Å². The molecule has 1 saturated heterocycles. The molecule has 2 aromatic heterocycles. The van der Waals surface area contributed by atoms with Crippen molar-refractivity contribution in [3.8, 4) is 0 Å². The lowest BCUT2D eigenvalue weighted by molar-refractivity contribution is -0.132. The number of para-hydroxylation sites is 1. The van der Waals surface area contributed by atoms with Gasteiger partial charge in [0.15, 0.2) is 0 Å². The lowest BCUT2D eigenvalue weighted by atomic mass is 10.1.